The summed E-state index contributed by atoms with van der Waals surface area (Å²) in [7, 11) is 0. The Bertz CT molecular complexity index is 760. The van der Waals surface area contributed by atoms with Gasteiger partial charge in [0.25, 0.3) is 5.69 Å². The second-order valence-electron chi connectivity index (χ2n) is 6.20. The minimum Gasteiger partial charge on any atom is -0.491 e. The van der Waals surface area contributed by atoms with Crippen LogP contribution in [0.15, 0.2) is 42.6 Å². The van der Waals surface area contributed by atoms with Gasteiger partial charge in [0, 0.05) is 6.07 Å². The quantitative estimate of drug-likeness (QED) is 0.405. The lowest BCUT2D eigenvalue weighted by atomic mass is 10.2. The van der Waals surface area contributed by atoms with Crippen LogP contribution in [-0.2, 0) is 4.74 Å². The number of carbonyl (C=O) groups excluding carboxylic acids is 1. The molecule has 1 N–H and O–H groups in total. The standard InChI is InChI=1S/C19H23N3O5/c1-4-15(21-18-10-7-16(11-20-18)22(24)25)12-26-19(23)14-5-8-17(9-6-14)27-13(2)3/h5-11,13,15H,4,12H2,1-3H3,(H,20,21). The van der Waals surface area contributed by atoms with Crippen molar-refractivity contribution >= 4 is 17.5 Å². The molecule has 1 unspecified atom stereocenters. The minimum atomic E-state index is -0.507. The lowest BCUT2D eigenvalue weighted by molar-refractivity contribution is -0.385. The molecule has 27 heavy (non-hydrogen) atoms. The maximum absolute atomic E-state index is 12.2. The van der Waals surface area contributed by atoms with E-state index < -0.39 is 10.9 Å². The van der Waals surface area contributed by atoms with Gasteiger partial charge in [-0.05, 0) is 50.6 Å². The third-order valence-electron chi connectivity index (χ3n) is 3.68. The molecule has 8 heteroatoms. The first-order chi connectivity index (χ1) is 12.9. The zero-order valence-corrected chi connectivity index (χ0v) is 15.5. The summed E-state index contributed by atoms with van der Waals surface area (Å²) in [5.74, 6) is 0.751. The molecule has 1 aromatic heterocycles. The minimum absolute atomic E-state index is 0.0622. The van der Waals surface area contributed by atoms with Gasteiger partial charge in [0.15, 0.2) is 0 Å². The number of ether oxygens (including phenoxy) is 2. The van der Waals surface area contributed by atoms with E-state index >= 15 is 0 Å². The summed E-state index contributed by atoms with van der Waals surface area (Å²) in [5, 5.41) is 13.8. The van der Waals surface area contributed by atoms with Crippen LogP contribution >= 0.6 is 0 Å². The van der Waals surface area contributed by atoms with Gasteiger partial charge in [0.1, 0.15) is 24.4 Å². The van der Waals surface area contributed by atoms with Crippen LogP contribution in [0.3, 0.4) is 0 Å². The van der Waals surface area contributed by atoms with Crippen LogP contribution in [0.2, 0.25) is 0 Å². The number of nitro groups is 1. The summed E-state index contributed by atoms with van der Waals surface area (Å²) in [6, 6.07) is 9.51. The summed E-state index contributed by atoms with van der Waals surface area (Å²) in [6.45, 7) is 5.95. The molecule has 0 fully saturated rings. The molecule has 0 bridgehead atoms. The zero-order valence-electron chi connectivity index (χ0n) is 15.5. The Morgan fingerprint density at radius 2 is 1.93 bits per heavy atom. The number of nitrogens with zero attached hydrogens (tertiary/aromatic N) is 2. The van der Waals surface area contributed by atoms with E-state index in [4.69, 9.17) is 9.47 Å². The summed E-state index contributed by atoms with van der Waals surface area (Å²) in [6.07, 6.45) is 1.93. The van der Waals surface area contributed by atoms with Crippen molar-refractivity contribution in [2.75, 3.05) is 11.9 Å². The van der Waals surface area contributed by atoms with Crippen molar-refractivity contribution in [3.63, 3.8) is 0 Å². The topological polar surface area (TPSA) is 104 Å². The van der Waals surface area contributed by atoms with E-state index in [9.17, 15) is 14.9 Å². The van der Waals surface area contributed by atoms with Gasteiger partial charge in [0.2, 0.25) is 0 Å². The molecule has 0 aliphatic carbocycles. The summed E-state index contributed by atoms with van der Waals surface area (Å²) in [5.41, 5.74) is 0.360. The van der Waals surface area contributed by atoms with E-state index in [2.05, 4.69) is 10.3 Å². The largest absolute Gasteiger partial charge is 0.491 e. The first kappa shape index (κ1) is 20.2. The number of carbonyl (C=O) groups is 1. The lowest BCUT2D eigenvalue weighted by Gasteiger charge is -2.17. The summed E-state index contributed by atoms with van der Waals surface area (Å²) in [4.78, 5) is 26.3. The number of nitrogens with one attached hydrogen (secondary N) is 1. The molecule has 1 aromatic carbocycles. The number of hydrogen-bond donors (Lipinski definition) is 1. The fourth-order valence-corrected chi connectivity index (χ4v) is 2.25. The fourth-order valence-electron chi connectivity index (χ4n) is 2.25. The van der Waals surface area contributed by atoms with Crippen LogP contribution < -0.4 is 10.1 Å². The van der Waals surface area contributed by atoms with Crippen molar-refractivity contribution in [1.29, 1.82) is 0 Å². The molecule has 0 saturated heterocycles. The molecule has 1 heterocycles. The Hall–Kier alpha value is -3.16. The fraction of sp³-hybridized carbons (Fsp3) is 0.368. The zero-order chi connectivity index (χ0) is 19.8. The van der Waals surface area contributed by atoms with Gasteiger partial charge in [0.05, 0.1) is 22.6 Å². The van der Waals surface area contributed by atoms with Crippen molar-refractivity contribution in [2.24, 2.45) is 0 Å². The number of aromatic nitrogens is 1. The molecule has 0 saturated carbocycles. The van der Waals surface area contributed by atoms with Crippen molar-refractivity contribution < 1.29 is 19.2 Å². The molecule has 0 aliphatic rings. The first-order valence-corrected chi connectivity index (χ1v) is 8.70. The highest BCUT2D eigenvalue weighted by molar-refractivity contribution is 5.89. The van der Waals surface area contributed by atoms with E-state index in [1.54, 1.807) is 24.3 Å². The number of benzene rings is 1. The number of anilines is 1. The molecule has 2 aromatic rings. The van der Waals surface area contributed by atoms with E-state index in [1.165, 1.54) is 18.3 Å². The maximum atomic E-state index is 12.2. The van der Waals surface area contributed by atoms with Gasteiger partial charge in [-0.3, -0.25) is 10.1 Å². The average molecular weight is 373 g/mol. The third kappa shape index (κ3) is 6.25. The molecule has 0 spiro atoms. The normalized spacial score (nSPS) is 11.7. The number of esters is 1. The van der Waals surface area contributed by atoms with Crippen LogP contribution in [0.1, 0.15) is 37.6 Å². The summed E-state index contributed by atoms with van der Waals surface area (Å²) < 4.78 is 10.9. The smallest absolute Gasteiger partial charge is 0.338 e. The van der Waals surface area contributed by atoms with Crippen LogP contribution in [0.5, 0.6) is 5.75 Å². The van der Waals surface area contributed by atoms with Crippen LogP contribution in [0.25, 0.3) is 0 Å². The molecule has 0 amide bonds. The molecule has 144 valence electrons. The highest BCUT2D eigenvalue weighted by Gasteiger charge is 2.14. The molecule has 1 atom stereocenters. The van der Waals surface area contributed by atoms with Gasteiger partial charge >= 0.3 is 5.97 Å². The number of pyridine rings is 1. The molecule has 2 rings (SSSR count). The van der Waals surface area contributed by atoms with Gasteiger partial charge in [-0.1, -0.05) is 6.92 Å². The van der Waals surface area contributed by atoms with Gasteiger partial charge in [-0.25, -0.2) is 9.78 Å². The third-order valence-corrected chi connectivity index (χ3v) is 3.68. The number of hydrogen-bond acceptors (Lipinski definition) is 7. The van der Waals surface area contributed by atoms with E-state index in [-0.39, 0.29) is 24.4 Å². The molecule has 8 nitrogen and oxygen atoms in total. The van der Waals surface area contributed by atoms with Crippen molar-refractivity contribution in [3.05, 3.63) is 58.3 Å². The number of rotatable bonds is 9. The van der Waals surface area contributed by atoms with Crippen LogP contribution in [0, 0.1) is 10.1 Å². The van der Waals surface area contributed by atoms with Gasteiger partial charge in [-0.2, -0.15) is 0 Å². The second-order valence-corrected chi connectivity index (χ2v) is 6.20. The van der Waals surface area contributed by atoms with Crippen LogP contribution in [0.4, 0.5) is 11.5 Å². The predicted octanol–water partition coefficient (Wildman–Crippen LogP) is 3.82. The van der Waals surface area contributed by atoms with Crippen molar-refractivity contribution in [2.45, 2.75) is 39.3 Å². The maximum Gasteiger partial charge on any atom is 0.338 e. The Balaban J connectivity index is 1.88. The highest BCUT2D eigenvalue weighted by atomic mass is 16.6. The Morgan fingerprint density at radius 3 is 2.44 bits per heavy atom. The van der Waals surface area contributed by atoms with Crippen molar-refractivity contribution in [1.82, 2.24) is 4.98 Å². The Morgan fingerprint density at radius 1 is 1.22 bits per heavy atom. The highest BCUT2D eigenvalue weighted by Crippen LogP contribution is 2.16. The molecule has 0 aliphatic heterocycles. The molecule has 0 radical (unpaired) electrons. The monoisotopic (exact) mass is 373 g/mol. The van der Waals surface area contributed by atoms with E-state index in [1.807, 2.05) is 20.8 Å². The molecular weight excluding hydrogens is 350 g/mol. The van der Waals surface area contributed by atoms with E-state index in [0.717, 1.165) is 0 Å². The first-order valence-electron chi connectivity index (χ1n) is 8.70. The lowest BCUT2D eigenvalue weighted by Crippen LogP contribution is -2.26. The Labute approximate surface area is 157 Å². The van der Waals surface area contributed by atoms with Crippen molar-refractivity contribution in [3.8, 4) is 5.75 Å². The SMILES string of the molecule is CCC(COC(=O)c1ccc(OC(C)C)cc1)Nc1ccc([N+](=O)[O-])cn1. The van der Waals surface area contributed by atoms with E-state index in [0.29, 0.717) is 23.6 Å². The summed E-state index contributed by atoms with van der Waals surface area (Å²) >= 11 is 0. The van der Waals surface area contributed by atoms with Gasteiger partial charge in [-0.15, -0.1) is 0 Å². The average Bonchev–Trinajstić information content (AvgIpc) is 2.65. The predicted molar refractivity (Wildman–Crippen MR) is 101 cm³/mol. The van der Waals surface area contributed by atoms with Gasteiger partial charge < -0.3 is 14.8 Å². The Kier molecular flexibility index (Phi) is 7.10. The molecular formula is C19H23N3O5. The van der Waals surface area contributed by atoms with Crippen LogP contribution in [-0.4, -0.2) is 34.6 Å². The second kappa shape index (κ2) is 9.51.